The van der Waals surface area contributed by atoms with Crippen LogP contribution >= 0.6 is 27.7 Å². The van der Waals surface area contributed by atoms with E-state index in [9.17, 15) is 0 Å². The van der Waals surface area contributed by atoms with Crippen molar-refractivity contribution in [2.45, 2.75) is 10.6 Å². The summed E-state index contributed by atoms with van der Waals surface area (Å²) in [4.78, 5) is 1.22. The zero-order valence-corrected chi connectivity index (χ0v) is 15.1. The summed E-state index contributed by atoms with van der Waals surface area (Å²) in [7, 11) is 0. The fourth-order valence-electron chi connectivity index (χ4n) is 1.85. The lowest BCUT2D eigenvalue weighted by Gasteiger charge is -2.02. The SMILES string of the molecule is Nc1cccc(Br)c1.Nc1cccc(SCc2ccccc2)c1. The number of hydrogen-bond donors (Lipinski definition) is 2. The molecule has 0 bridgehead atoms. The van der Waals surface area contributed by atoms with Gasteiger partial charge in [-0.3, -0.25) is 0 Å². The monoisotopic (exact) mass is 386 g/mol. The number of nitrogens with two attached hydrogens (primary N) is 2. The Bertz CT molecular complexity index is 715. The van der Waals surface area contributed by atoms with Crippen molar-refractivity contribution in [3.05, 3.63) is 88.9 Å². The first-order valence-corrected chi connectivity index (χ1v) is 8.94. The van der Waals surface area contributed by atoms with E-state index in [0.29, 0.717) is 0 Å². The summed E-state index contributed by atoms with van der Waals surface area (Å²) in [5.74, 6) is 0.990. The Morgan fingerprint density at radius 3 is 1.96 bits per heavy atom. The maximum Gasteiger partial charge on any atom is 0.0325 e. The predicted molar refractivity (Wildman–Crippen MR) is 105 cm³/mol. The minimum absolute atomic E-state index is 0.791. The summed E-state index contributed by atoms with van der Waals surface area (Å²) in [6.45, 7) is 0. The molecule has 0 aromatic heterocycles. The second-order valence-corrected chi connectivity index (χ2v) is 6.87. The second-order valence-electron chi connectivity index (χ2n) is 4.90. The van der Waals surface area contributed by atoms with Gasteiger partial charge in [-0.15, -0.1) is 11.8 Å². The van der Waals surface area contributed by atoms with Gasteiger partial charge in [0.15, 0.2) is 0 Å². The van der Waals surface area contributed by atoms with Crippen LogP contribution in [-0.2, 0) is 5.75 Å². The Morgan fingerprint density at radius 2 is 1.39 bits per heavy atom. The smallest absolute Gasteiger partial charge is 0.0325 e. The van der Waals surface area contributed by atoms with Gasteiger partial charge in [0.05, 0.1) is 0 Å². The molecule has 0 unspecified atom stereocenters. The second kappa shape index (κ2) is 9.28. The van der Waals surface area contributed by atoms with E-state index in [1.165, 1.54) is 10.5 Å². The minimum atomic E-state index is 0.791. The Balaban J connectivity index is 0.000000203. The lowest BCUT2D eigenvalue weighted by atomic mass is 10.2. The van der Waals surface area contributed by atoms with Crippen LogP contribution in [0.3, 0.4) is 0 Å². The van der Waals surface area contributed by atoms with Gasteiger partial charge in [0.25, 0.3) is 0 Å². The summed E-state index contributed by atoms with van der Waals surface area (Å²) in [5.41, 5.74) is 14.1. The lowest BCUT2D eigenvalue weighted by molar-refractivity contribution is 1.38. The number of halogens is 1. The quantitative estimate of drug-likeness (QED) is 0.455. The molecule has 4 heteroatoms. The summed E-state index contributed by atoms with van der Waals surface area (Å²) in [5, 5.41) is 0. The molecule has 118 valence electrons. The molecule has 0 heterocycles. The highest BCUT2D eigenvalue weighted by molar-refractivity contribution is 9.10. The lowest BCUT2D eigenvalue weighted by Crippen LogP contribution is -1.84. The summed E-state index contributed by atoms with van der Waals surface area (Å²) in [6, 6.07) is 26.0. The van der Waals surface area contributed by atoms with Crippen molar-refractivity contribution >= 4 is 39.1 Å². The number of rotatable bonds is 3. The molecule has 3 aromatic rings. The zero-order chi connectivity index (χ0) is 16.5. The van der Waals surface area contributed by atoms with Crippen LogP contribution in [0.5, 0.6) is 0 Å². The molecule has 0 saturated carbocycles. The fraction of sp³-hybridized carbons (Fsp3) is 0.0526. The van der Waals surface area contributed by atoms with E-state index in [1.54, 1.807) is 0 Å². The molecule has 0 amide bonds. The van der Waals surface area contributed by atoms with E-state index < -0.39 is 0 Å². The number of anilines is 2. The highest BCUT2D eigenvalue weighted by Gasteiger charge is 1.95. The van der Waals surface area contributed by atoms with Crippen molar-refractivity contribution < 1.29 is 0 Å². The average Bonchev–Trinajstić information content (AvgIpc) is 2.54. The van der Waals surface area contributed by atoms with Crippen LogP contribution in [0.25, 0.3) is 0 Å². The van der Waals surface area contributed by atoms with Crippen LogP contribution in [0.4, 0.5) is 11.4 Å². The van der Waals surface area contributed by atoms with Crippen LogP contribution < -0.4 is 11.5 Å². The van der Waals surface area contributed by atoms with Gasteiger partial charge in [0.2, 0.25) is 0 Å². The molecule has 0 radical (unpaired) electrons. The molecule has 0 atom stereocenters. The summed E-state index contributed by atoms with van der Waals surface area (Å²) >= 11 is 5.09. The van der Waals surface area contributed by atoms with Gasteiger partial charge in [0, 0.05) is 26.5 Å². The van der Waals surface area contributed by atoms with Crippen molar-refractivity contribution in [2.75, 3.05) is 11.5 Å². The third-order valence-corrected chi connectivity index (χ3v) is 4.51. The fourth-order valence-corrected chi connectivity index (χ4v) is 3.19. The largest absolute Gasteiger partial charge is 0.399 e. The van der Waals surface area contributed by atoms with Gasteiger partial charge < -0.3 is 11.5 Å². The molecular weight excluding hydrogens is 368 g/mol. The Labute approximate surface area is 150 Å². The van der Waals surface area contributed by atoms with Crippen LogP contribution in [0.15, 0.2) is 88.2 Å². The Kier molecular flexibility index (Phi) is 7.04. The highest BCUT2D eigenvalue weighted by Crippen LogP contribution is 2.23. The molecule has 3 rings (SSSR count). The molecule has 2 nitrogen and oxygen atoms in total. The highest BCUT2D eigenvalue weighted by atomic mass is 79.9. The van der Waals surface area contributed by atoms with Crippen molar-refractivity contribution in [2.24, 2.45) is 0 Å². The van der Waals surface area contributed by atoms with Crippen molar-refractivity contribution in [3.8, 4) is 0 Å². The molecule has 3 aromatic carbocycles. The number of hydrogen-bond acceptors (Lipinski definition) is 3. The maximum absolute atomic E-state index is 5.71. The van der Waals surface area contributed by atoms with E-state index >= 15 is 0 Å². The third kappa shape index (κ3) is 6.80. The molecule has 0 aliphatic carbocycles. The third-order valence-electron chi connectivity index (χ3n) is 2.96. The van der Waals surface area contributed by atoms with Crippen LogP contribution in [0.1, 0.15) is 5.56 Å². The van der Waals surface area contributed by atoms with Crippen molar-refractivity contribution in [3.63, 3.8) is 0 Å². The predicted octanol–water partition coefficient (Wildman–Crippen LogP) is 5.59. The van der Waals surface area contributed by atoms with E-state index in [4.69, 9.17) is 11.5 Å². The van der Waals surface area contributed by atoms with Crippen LogP contribution in [0, 0.1) is 0 Å². The molecule has 23 heavy (non-hydrogen) atoms. The Hall–Kier alpha value is -1.91. The summed E-state index contributed by atoms with van der Waals surface area (Å²) < 4.78 is 1.03. The van der Waals surface area contributed by atoms with Gasteiger partial charge in [-0.2, -0.15) is 0 Å². The van der Waals surface area contributed by atoms with E-state index in [0.717, 1.165) is 21.6 Å². The summed E-state index contributed by atoms with van der Waals surface area (Å²) in [6.07, 6.45) is 0. The van der Waals surface area contributed by atoms with E-state index in [1.807, 2.05) is 60.3 Å². The van der Waals surface area contributed by atoms with Crippen molar-refractivity contribution in [1.29, 1.82) is 0 Å². The number of nitrogen functional groups attached to an aromatic ring is 2. The van der Waals surface area contributed by atoms with E-state index in [2.05, 4.69) is 46.3 Å². The standard InChI is InChI=1S/C13H13NS.C6H6BrN/c14-12-7-4-8-13(9-12)15-10-11-5-2-1-3-6-11;7-5-2-1-3-6(8)4-5/h1-9H,10,14H2;1-4H,8H2. The maximum atomic E-state index is 5.71. The van der Waals surface area contributed by atoms with E-state index in [-0.39, 0.29) is 0 Å². The van der Waals surface area contributed by atoms with Gasteiger partial charge >= 0.3 is 0 Å². The van der Waals surface area contributed by atoms with Crippen LogP contribution in [-0.4, -0.2) is 0 Å². The molecular formula is C19H19BrN2S. The zero-order valence-electron chi connectivity index (χ0n) is 12.7. The number of benzene rings is 3. The normalized spacial score (nSPS) is 9.78. The molecule has 0 aliphatic rings. The first kappa shape index (κ1) is 17.4. The Morgan fingerprint density at radius 1 is 0.739 bits per heavy atom. The van der Waals surface area contributed by atoms with Gasteiger partial charge in [-0.05, 0) is 42.0 Å². The molecule has 4 N–H and O–H groups in total. The molecule has 0 fully saturated rings. The first-order valence-electron chi connectivity index (χ1n) is 7.17. The van der Waals surface area contributed by atoms with Crippen molar-refractivity contribution in [1.82, 2.24) is 0 Å². The van der Waals surface area contributed by atoms with Crippen LogP contribution in [0.2, 0.25) is 0 Å². The average molecular weight is 387 g/mol. The van der Waals surface area contributed by atoms with Gasteiger partial charge in [-0.25, -0.2) is 0 Å². The van der Waals surface area contributed by atoms with Gasteiger partial charge in [-0.1, -0.05) is 58.4 Å². The molecule has 0 aliphatic heterocycles. The minimum Gasteiger partial charge on any atom is -0.399 e. The molecule has 0 saturated heterocycles. The molecule has 0 spiro atoms. The topological polar surface area (TPSA) is 52.0 Å². The van der Waals surface area contributed by atoms with Gasteiger partial charge in [0.1, 0.15) is 0 Å². The first-order chi connectivity index (χ1) is 11.1. The number of thioether (sulfide) groups is 1.